The van der Waals surface area contributed by atoms with Crippen LogP contribution in [0.1, 0.15) is 80.8 Å². The maximum atomic E-state index is 13.3. The van der Waals surface area contributed by atoms with Crippen molar-refractivity contribution in [3.63, 3.8) is 0 Å². The average molecular weight is 465 g/mol. The summed E-state index contributed by atoms with van der Waals surface area (Å²) in [5.74, 6) is 1.18. The molecule has 0 aromatic carbocycles. The fraction of sp³-hybridized carbons (Fsp3) is 0.577. The van der Waals surface area contributed by atoms with Crippen LogP contribution in [-0.4, -0.2) is 43.4 Å². The number of carbonyl (C=O) groups excluding carboxylic acids is 1. The van der Waals surface area contributed by atoms with Gasteiger partial charge >= 0.3 is 6.09 Å². The Hall–Kier alpha value is -3.21. The number of aromatic hydroxyl groups is 2. The number of carbonyl (C=O) groups is 1. The number of fused-ring (bicyclic) bond motifs is 5. The Bertz CT molecular complexity index is 1180. The Kier molecular flexibility index (Phi) is 5.46. The molecule has 8 heteroatoms. The number of nitriles is 1. The van der Waals surface area contributed by atoms with Crippen LogP contribution >= 0.6 is 0 Å². The maximum absolute atomic E-state index is 13.3. The summed E-state index contributed by atoms with van der Waals surface area (Å²) in [4.78, 5) is 19.1. The molecule has 2 fully saturated rings. The lowest BCUT2D eigenvalue weighted by Crippen LogP contribution is -2.41. The summed E-state index contributed by atoms with van der Waals surface area (Å²) in [5.41, 5.74) is 2.71. The molecule has 3 aliphatic rings. The van der Waals surface area contributed by atoms with Gasteiger partial charge in [0.25, 0.3) is 0 Å². The summed E-state index contributed by atoms with van der Waals surface area (Å²) in [7, 11) is 0. The molecular weight excluding hydrogens is 432 g/mol. The number of nitrogens with zero attached hydrogens (tertiary/aromatic N) is 4. The Morgan fingerprint density at radius 3 is 2.65 bits per heavy atom. The van der Waals surface area contributed by atoms with E-state index in [0.717, 1.165) is 12.8 Å². The van der Waals surface area contributed by atoms with E-state index in [1.54, 1.807) is 17.9 Å². The number of aryl methyl sites for hydroxylation is 1. The quantitative estimate of drug-likeness (QED) is 0.668. The fourth-order valence-corrected chi connectivity index (χ4v) is 6.32. The van der Waals surface area contributed by atoms with E-state index in [1.165, 1.54) is 17.2 Å². The molecule has 5 rings (SSSR count). The van der Waals surface area contributed by atoms with Crippen LogP contribution in [0.5, 0.6) is 11.8 Å². The number of pyridine rings is 1. The van der Waals surface area contributed by atoms with Crippen molar-refractivity contribution in [3.8, 4) is 23.5 Å². The number of likely N-dealkylation sites (tertiary alicyclic amines) is 1. The minimum absolute atomic E-state index is 0.0279. The molecule has 0 spiro atoms. The molecule has 2 aliphatic carbocycles. The van der Waals surface area contributed by atoms with E-state index in [1.807, 2.05) is 6.07 Å². The van der Waals surface area contributed by atoms with Gasteiger partial charge in [-0.3, -0.25) is 0 Å². The van der Waals surface area contributed by atoms with E-state index < -0.39 is 0 Å². The normalized spacial score (nSPS) is 27.6. The number of amides is 1. The number of aromatic nitrogens is 2. The van der Waals surface area contributed by atoms with Crippen LogP contribution in [0.4, 0.5) is 4.79 Å². The van der Waals surface area contributed by atoms with Crippen LogP contribution in [0.2, 0.25) is 0 Å². The minimum Gasteiger partial charge on any atom is -0.494 e. The fourth-order valence-electron chi connectivity index (χ4n) is 6.32. The monoisotopic (exact) mass is 464 g/mol. The molecule has 8 nitrogen and oxygen atoms in total. The van der Waals surface area contributed by atoms with Crippen LogP contribution in [0.15, 0.2) is 12.3 Å². The van der Waals surface area contributed by atoms with Gasteiger partial charge in [-0.2, -0.15) is 5.26 Å². The van der Waals surface area contributed by atoms with Gasteiger partial charge in [-0.25, -0.2) is 14.3 Å². The highest BCUT2D eigenvalue weighted by Crippen LogP contribution is 2.58. The van der Waals surface area contributed by atoms with Crippen LogP contribution in [0.3, 0.4) is 0 Å². The zero-order valence-electron chi connectivity index (χ0n) is 20.2. The van der Waals surface area contributed by atoms with Crippen molar-refractivity contribution in [3.05, 3.63) is 34.6 Å². The standard InChI is InChI=1S/C26H32N4O4/c1-13(2)18-6-5-14(3)7-21(18)34-26(33)29-12-16-9-20(29)23-22(16)24(31)30(25(23)32)17-8-15(4)19(10-27)28-11-17/h8,11,13-14,16,18,20-21,31-32H,5-7,9,12H2,1-4H3/t14-,16-,18+,20+,21-/m1/s1. The topological polar surface area (TPSA) is 112 Å². The first-order valence-electron chi connectivity index (χ1n) is 12.2. The van der Waals surface area contributed by atoms with Crippen molar-refractivity contribution >= 4 is 6.09 Å². The average Bonchev–Trinajstić information content (AvgIpc) is 3.45. The Morgan fingerprint density at radius 2 is 1.97 bits per heavy atom. The molecule has 2 bridgehead atoms. The molecule has 1 amide bonds. The summed E-state index contributed by atoms with van der Waals surface area (Å²) in [6.07, 6.45) is 4.84. The molecule has 180 valence electrons. The molecule has 34 heavy (non-hydrogen) atoms. The van der Waals surface area contributed by atoms with Gasteiger partial charge in [-0.1, -0.05) is 27.2 Å². The van der Waals surface area contributed by atoms with Crippen molar-refractivity contribution in [1.82, 2.24) is 14.5 Å². The SMILES string of the molecule is Cc1cc(-n2c(O)c3c(c2O)[C@@H]2C[C@@H]3CN2C(=O)O[C@@H]2C[C@H](C)CC[C@H]2C(C)C)cnc1C#N. The zero-order chi connectivity index (χ0) is 24.3. The van der Waals surface area contributed by atoms with Gasteiger partial charge in [0, 0.05) is 23.6 Å². The highest BCUT2D eigenvalue weighted by Gasteiger charge is 2.51. The number of hydrogen-bond acceptors (Lipinski definition) is 6. The van der Waals surface area contributed by atoms with Crippen LogP contribution in [-0.2, 0) is 4.74 Å². The van der Waals surface area contributed by atoms with Gasteiger partial charge in [-0.05, 0) is 55.6 Å². The second kappa shape index (κ2) is 8.23. The van der Waals surface area contributed by atoms with Crippen LogP contribution in [0, 0.1) is 36.0 Å². The number of ether oxygens (including phenoxy) is 1. The van der Waals surface area contributed by atoms with Gasteiger partial charge < -0.3 is 19.8 Å². The van der Waals surface area contributed by atoms with Crippen molar-refractivity contribution in [2.45, 2.75) is 71.4 Å². The third-order valence-electron chi connectivity index (χ3n) is 8.11. The van der Waals surface area contributed by atoms with Crippen molar-refractivity contribution in [2.24, 2.45) is 17.8 Å². The largest absolute Gasteiger partial charge is 0.494 e. The lowest BCUT2D eigenvalue weighted by Gasteiger charge is -2.38. The second-order valence-electron chi connectivity index (χ2n) is 10.6. The predicted octanol–water partition coefficient (Wildman–Crippen LogP) is 4.91. The second-order valence-corrected chi connectivity index (χ2v) is 10.6. The molecule has 1 saturated carbocycles. The molecule has 2 aromatic rings. The molecule has 1 saturated heterocycles. The summed E-state index contributed by atoms with van der Waals surface area (Å²) < 4.78 is 7.44. The summed E-state index contributed by atoms with van der Waals surface area (Å²) in [6.45, 7) is 8.82. The lowest BCUT2D eigenvalue weighted by molar-refractivity contribution is -0.0124. The van der Waals surface area contributed by atoms with Gasteiger partial charge in [-0.15, -0.1) is 0 Å². The van der Waals surface area contributed by atoms with Gasteiger partial charge in [0.05, 0.1) is 17.9 Å². The Morgan fingerprint density at radius 1 is 1.24 bits per heavy atom. The molecule has 1 aliphatic heterocycles. The smallest absolute Gasteiger partial charge is 0.410 e. The molecule has 3 heterocycles. The summed E-state index contributed by atoms with van der Waals surface area (Å²) in [5, 5.41) is 31.3. The summed E-state index contributed by atoms with van der Waals surface area (Å²) >= 11 is 0. The Balaban J connectivity index is 1.42. The van der Waals surface area contributed by atoms with Gasteiger partial charge in [0.1, 0.15) is 17.9 Å². The zero-order valence-corrected chi connectivity index (χ0v) is 20.2. The number of rotatable bonds is 3. The maximum Gasteiger partial charge on any atom is 0.410 e. The molecule has 2 N–H and O–H groups in total. The third kappa shape index (κ3) is 3.41. The lowest BCUT2D eigenvalue weighted by atomic mass is 9.75. The third-order valence-corrected chi connectivity index (χ3v) is 8.11. The van der Waals surface area contributed by atoms with E-state index in [0.29, 0.717) is 58.8 Å². The molecule has 2 aromatic heterocycles. The van der Waals surface area contributed by atoms with E-state index in [9.17, 15) is 15.0 Å². The minimum atomic E-state index is -0.328. The summed E-state index contributed by atoms with van der Waals surface area (Å²) in [6, 6.07) is 3.41. The first-order valence-corrected chi connectivity index (χ1v) is 12.2. The Labute approximate surface area is 199 Å². The highest BCUT2D eigenvalue weighted by molar-refractivity contribution is 5.72. The molecule has 5 atom stereocenters. The van der Waals surface area contributed by atoms with Gasteiger partial charge in [0.2, 0.25) is 11.8 Å². The first-order chi connectivity index (χ1) is 16.2. The van der Waals surface area contributed by atoms with E-state index in [4.69, 9.17) is 10.00 Å². The van der Waals surface area contributed by atoms with E-state index >= 15 is 0 Å². The van der Waals surface area contributed by atoms with Crippen molar-refractivity contribution in [2.75, 3.05) is 6.54 Å². The van der Waals surface area contributed by atoms with Crippen LogP contribution in [0.25, 0.3) is 5.69 Å². The van der Waals surface area contributed by atoms with Crippen LogP contribution < -0.4 is 0 Å². The van der Waals surface area contributed by atoms with E-state index in [-0.39, 0.29) is 35.9 Å². The number of hydrogen-bond donors (Lipinski definition) is 2. The van der Waals surface area contributed by atoms with Gasteiger partial charge in [0.15, 0.2) is 0 Å². The van der Waals surface area contributed by atoms with Crippen molar-refractivity contribution in [1.29, 1.82) is 5.26 Å². The molecular formula is C26H32N4O4. The predicted molar refractivity (Wildman–Crippen MR) is 125 cm³/mol. The first kappa shape index (κ1) is 22.6. The highest BCUT2D eigenvalue weighted by atomic mass is 16.6. The van der Waals surface area contributed by atoms with E-state index in [2.05, 4.69) is 25.8 Å². The molecule has 0 radical (unpaired) electrons. The molecule has 0 unspecified atom stereocenters. The van der Waals surface area contributed by atoms with Crippen molar-refractivity contribution < 1.29 is 19.7 Å².